The molecule has 3 N–H and O–H groups in total. The van der Waals surface area contributed by atoms with E-state index in [1.807, 2.05) is 0 Å². The summed E-state index contributed by atoms with van der Waals surface area (Å²) >= 11 is 0. The minimum absolute atomic E-state index is 0.137. The van der Waals surface area contributed by atoms with E-state index in [2.05, 4.69) is 35.7 Å². The molecule has 1 amide bonds. The molecule has 2 bridgehead atoms. The van der Waals surface area contributed by atoms with Gasteiger partial charge in [0.05, 0.1) is 0 Å². The van der Waals surface area contributed by atoms with Crippen molar-refractivity contribution in [3.05, 3.63) is 30.2 Å². The van der Waals surface area contributed by atoms with Crippen LogP contribution < -0.4 is 15.4 Å². The van der Waals surface area contributed by atoms with Gasteiger partial charge in [0.2, 0.25) is 5.88 Å². The Morgan fingerprint density at radius 3 is 2.74 bits per heavy atom. The van der Waals surface area contributed by atoms with Gasteiger partial charge in [0, 0.05) is 41.7 Å². The fraction of sp³-hybridized carbons (Fsp3) is 0.524. The molecule has 3 heterocycles. The van der Waals surface area contributed by atoms with Gasteiger partial charge in [-0.3, -0.25) is 5.10 Å². The number of fused-ring (bicyclic) bond motifs is 1. The van der Waals surface area contributed by atoms with Crippen LogP contribution in [0.25, 0.3) is 5.52 Å². The smallest absolute Gasteiger partial charge is 0.443 e. The number of nitrogens with one attached hydrogen (secondary N) is 3. The molecular formula is C21H21F4N7O3. The monoisotopic (exact) mass is 495 g/mol. The van der Waals surface area contributed by atoms with Crippen LogP contribution in [0.4, 0.5) is 34.0 Å². The van der Waals surface area contributed by atoms with E-state index in [1.165, 1.54) is 16.9 Å². The topological polar surface area (TPSA) is 118 Å². The van der Waals surface area contributed by atoms with Gasteiger partial charge in [-0.25, -0.2) is 18.7 Å². The van der Waals surface area contributed by atoms with Gasteiger partial charge in [0.1, 0.15) is 17.8 Å². The number of anilines is 2. The minimum Gasteiger partial charge on any atom is -0.443 e. The molecule has 4 aliphatic carbocycles. The number of rotatable bonds is 6. The number of alkyl carbamates (subject to hydrolysis) is 1. The quantitative estimate of drug-likeness (QED) is 0.443. The van der Waals surface area contributed by atoms with Gasteiger partial charge < -0.3 is 20.1 Å². The van der Waals surface area contributed by atoms with Crippen LogP contribution in [0.5, 0.6) is 5.88 Å². The van der Waals surface area contributed by atoms with Crippen LogP contribution in [0.2, 0.25) is 0 Å². The lowest BCUT2D eigenvalue weighted by molar-refractivity contribution is -0.276. The maximum atomic E-state index is 15.1. The van der Waals surface area contributed by atoms with Gasteiger partial charge in [-0.1, -0.05) is 0 Å². The number of alkyl halides is 4. The second-order valence-corrected chi connectivity index (χ2v) is 9.43. The molecule has 0 radical (unpaired) electrons. The largest absolute Gasteiger partial charge is 0.574 e. The molecule has 14 heteroatoms. The maximum absolute atomic E-state index is 15.1. The summed E-state index contributed by atoms with van der Waals surface area (Å²) in [5.41, 5.74) is 0.595. The average molecular weight is 495 g/mol. The average Bonchev–Trinajstić information content (AvgIpc) is 3.42. The summed E-state index contributed by atoms with van der Waals surface area (Å²) in [6, 6.07) is 2.68. The van der Waals surface area contributed by atoms with Crippen LogP contribution in [-0.4, -0.2) is 55.1 Å². The van der Waals surface area contributed by atoms with Crippen LogP contribution in [0.3, 0.4) is 0 Å². The summed E-state index contributed by atoms with van der Waals surface area (Å²) < 4.78 is 63.1. The van der Waals surface area contributed by atoms with E-state index < -0.39 is 36.5 Å². The van der Waals surface area contributed by atoms with Crippen molar-refractivity contribution >= 4 is 23.2 Å². The van der Waals surface area contributed by atoms with Gasteiger partial charge in [-0.05, 0) is 38.0 Å². The summed E-state index contributed by atoms with van der Waals surface area (Å²) in [5, 5.41) is 16.4. The first-order chi connectivity index (χ1) is 16.7. The van der Waals surface area contributed by atoms with Gasteiger partial charge in [0.15, 0.2) is 11.6 Å². The lowest BCUT2D eigenvalue weighted by Crippen LogP contribution is -2.68. The number of halogens is 4. The number of ether oxygens (including phenoxy) is 2. The van der Waals surface area contributed by atoms with Crippen molar-refractivity contribution < 1.29 is 31.8 Å². The number of aromatic amines is 1. The predicted octanol–water partition coefficient (Wildman–Crippen LogP) is 3.96. The van der Waals surface area contributed by atoms with Crippen LogP contribution >= 0.6 is 0 Å². The third-order valence-corrected chi connectivity index (χ3v) is 7.00. The number of carbonyl (C=O) groups excluding carboxylic acids is 1. The molecule has 3 atom stereocenters. The van der Waals surface area contributed by atoms with Crippen LogP contribution in [0.15, 0.2) is 24.5 Å². The van der Waals surface area contributed by atoms with Crippen molar-refractivity contribution in [3.63, 3.8) is 0 Å². The Balaban J connectivity index is 1.11. The molecule has 4 fully saturated rings. The molecule has 10 nitrogen and oxygen atoms in total. The minimum atomic E-state index is -4.88. The lowest BCUT2D eigenvalue weighted by atomic mass is 9.50. The number of hydrogen-bond acceptors (Lipinski definition) is 7. The van der Waals surface area contributed by atoms with Crippen molar-refractivity contribution in [1.29, 1.82) is 0 Å². The molecule has 7 rings (SSSR count). The number of hydrogen-bond donors (Lipinski definition) is 3. The van der Waals surface area contributed by atoms with Crippen LogP contribution in [0, 0.1) is 5.92 Å². The fourth-order valence-corrected chi connectivity index (χ4v) is 5.26. The van der Waals surface area contributed by atoms with E-state index >= 15 is 4.39 Å². The Labute approximate surface area is 195 Å². The second-order valence-electron chi connectivity index (χ2n) is 9.43. The molecule has 3 aromatic rings. The van der Waals surface area contributed by atoms with E-state index in [0.717, 1.165) is 25.3 Å². The Bertz CT molecular complexity index is 1260. The Morgan fingerprint density at radius 1 is 1.23 bits per heavy atom. The van der Waals surface area contributed by atoms with Crippen LogP contribution in [0.1, 0.15) is 43.7 Å². The predicted molar refractivity (Wildman–Crippen MR) is 112 cm³/mol. The maximum Gasteiger partial charge on any atom is 0.574 e. The van der Waals surface area contributed by atoms with E-state index in [0.29, 0.717) is 24.5 Å². The summed E-state index contributed by atoms with van der Waals surface area (Å²) in [6.45, 7) is 0. The first kappa shape index (κ1) is 21.9. The third kappa shape index (κ3) is 4.10. The number of nitrogens with zero attached hydrogens (tertiary/aromatic N) is 4. The lowest BCUT2D eigenvalue weighted by Gasteiger charge is -2.61. The fourth-order valence-electron chi connectivity index (χ4n) is 5.26. The zero-order valence-corrected chi connectivity index (χ0v) is 18.2. The van der Waals surface area contributed by atoms with E-state index in [9.17, 15) is 18.0 Å². The molecule has 186 valence electrons. The number of amides is 1. The highest BCUT2D eigenvalue weighted by atomic mass is 19.4. The molecule has 35 heavy (non-hydrogen) atoms. The van der Waals surface area contributed by atoms with Crippen molar-refractivity contribution in [2.75, 3.05) is 5.32 Å². The zero-order chi connectivity index (χ0) is 24.4. The molecule has 0 spiro atoms. The Hall–Kier alpha value is -3.58. The van der Waals surface area contributed by atoms with E-state index in [1.54, 1.807) is 6.07 Å². The highest BCUT2D eigenvalue weighted by Gasteiger charge is 2.58. The van der Waals surface area contributed by atoms with Crippen molar-refractivity contribution in [1.82, 2.24) is 30.1 Å². The van der Waals surface area contributed by atoms with Gasteiger partial charge >= 0.3 is 12.5 Å². The number of carbonyl (C=O) groups is 1. The van der Waals surface area contributed by atoms with E-state index in [-0.39, 0.29) is 22.7 Å². The zero-order valence-electron chi connectivity index (χ0n) is 18.2. The first-order valence-corrected chi connectivity index (χ1v) is 11.2. The van der Waals surface area contributed by atoms with Crippen molar-refractivity contribution in [2.24, 2.45) is 5.92 Å². The summed E-state index contributed by atoms with van der Waals surface area (Å²) in [6.07, 6.45) is -1.22. The van der Waals surface area contributed by atoms with Gasteiger partial charge in [0.25, 0.3) is 0 Å². The number of aromatic nitrogens is 5. The third-order valence-electron chi connectivity index (χ3n) is 7.00. The summed E-state index contributed by atoms with van der Waals surface area (Å²) in [5.74, 6) is 0.000378. The second kappa shape index (κ2) is 7.71. The number of H-pyrrole nitrogens is 1. The van der Waals surface area contributed by atoms with E-state index in [4.69, 9.17) is 4.74 Å². The highest BCUT2D eigenvalue weighted by Crippen LogP contribution is 2.57. The van der Waals surface area contributed by atoms with Crippen LogP contribution in [-0.2, 0) is 4.74 Å². The Morgan fingerprint density at radius 2 is 2.03 bits per heavy atom. The molecular weight excluding hydrogens is 474 g/mol. The molecule has 0 aromatic carbocycles. The first-order valence-electron chi connectivity index (χ1n) is 11.2. The molecule has 0 unspecified atom stereocenters. The SMILES string of the molecule is O=C(NC12CC(C1)C2)O[C@H]1CC[C@@H](c2cc(Nc3nccn4nc(OC(F)(F)F)cc34)n[nH]2)[C@@H]1F. The molecule has 3 aromatic heterocycles. The molecule has 0 saturated heterocycles. The molecule has 4 aliphatic rings. The molecule has 4 saturated carbocycles. The standard InChI is InChI=1S/C21H21F4N7O3/c22-17-11(1-2-14(17)34-19(33)28-20-7-10(8-20)9-20)12-5-15(30-29-12)27-18-13-6-16(35-21(23,24)25)31-32(13)4-3-26-18/h3-6,10-11,14,17H,1-2,7-9H2,(H,28,33)(H2,26,27,29,30)/t10?,11-,14-,17-,20?/m0/s1. The normalized spacial score (nSPS) is 29.4. The Kier molecular flexibility index (Phi) is 4.83. The van der Waals surface area contributed by atoms with Gasteiger partial charge in [-0.2, -0.15) is 5.10 Å². The summed E-state index contributed by atoms with van der Waals surface area (Å²) in [4.78, 5) is 16.3. The van der Waals surface area contributed by atoms with Crippen molar-refractivity contribution in [2.45, 2.75) is 62.2 Å². The summed E-state index contributed by atoms with van der Waals surface area (Å²) in [7, 11) is 0. The highest BCUT2D eigenvalue weighted by molar-refractivity contribution is 5.73. The molecule has 0 aliphatic heterocycles. The van der Waals surface area contributed by atoms with Gasteiger partial charge in [-0.15, -0.1) is 18.3 Å². The van der Waals surface area contributed by atoms with Crippen molar-refractivity contribution in [3.8, 4) is 5.88 Å².